The summed E-state index contributed by atoms with van der Waals surface area (Å²) in [5, 5.41) is 3.21. The van der Waals surface area contributed by atoms with E-state index in [9.17, 15) is 18.0 Å². The molecule has 1 saturated heterocycles. The molecule has 1 N–H and O–H groups in total. The Hall–Kier alpha value is -2.16. The molecule has 122 valence electrons. The topological polar surface area (TPSA) is 58.1 Å². The summed E-state index contributed by atoms with van der Waals surface area (Å²) in [6.07, 6.45) is -0.873. The average Bonchev–Trinajstić information content (AvgIpc) is 3.18. The highest BCUT2D eigenvalue weighted by molar-refractivity contribution is 7.14. The summed E-state index contributed by atoms with van der Waals surface area (Å²) in [6, 6.07) is 3.23. The Bertz CT molecular complexity index is 710. The Kier molecular flexibility index (Phi) is 4.20. The van der Waals surface area contributed by atoms with E-state index in [2.05, 4.69) is 15.3 Å². The number of nitrogens with zero attached hydrogens (tertiary/aromatic N) is 3. The van der Waals surface area contributed by atoms with Gasteiger partial charge in [-0.2, -0.15) is 13.2 Å². The summed E-state index contributed by atoms with van der Waals surface area (Å²) in [4.78, 5) is 22.0. The van der Waals surface area contributed by atoms with Crippen LogP contribution in [-0.2, 0) is 6.18 Å². The van der Waals surface area contributed by atoms with Gasteiger partial charge in [0, 0.05) is 24.7 Å². The van der Waals surface area contributed by atoms with E-state index in [0.29, 0.717) is 11.4 Å². The van der Waals surface area contributed by atoms with E-state index in [1.54, 1.807) is 18.3 Å². The maximum Gasteiger partial charge on any atom is 0.434 e. The minimum atomic E-state index is -4.52. The largest absolute Gasteiger partial charge is 0.434 e. The van der Waals surface area contributed by atoms with Gasteiger partial charge in [0.2, 0.25) is 0 Å². The van der Waals surface area contributed by atoms with E-state index in [1.807, 2.05) is 4.90 Å². The lowest BCUT2D eigenvalue weighted by Crippen LogP contribution is -2.24. The highest BCUT2D eigenvalue weighted by Crippen LogP contribution is 2.32. The molecule has 0 saturated carbocycles. The van der Waals surface area contributed by atoms with Crippen LogP contribution in [0.25, 0.3) is 0 Å². The molecule has 0 aliphatic carbocycles. The van der Waals surface area contributed by atoms with Crippen LogP contribution in [0, 0.1) is 0 Å². The van der Waals surface area contributed by atoms with Gasteiger partial charge >= 0.3 is 6.18 Å². The number of halogens is 3. The molecule has 3 rings (SSSR count). The normalized spacial score (nSPS) is 15.0. The second-order valence-electron chi connectivity index (χ2n) is 5.06. The standard InChI is InChI=1S/C14H13F3N4OS/c15-14(16,17)10-8-23-13(19-10)20-12(22)9-4-3-5-18-11(9)21-6-1-2-7-21/h3-5,8H,1-2,6-7H2,(H,19,20,22). The zero-order valence-electron chi connectivity index (χ0n) is 11.9. The van der Waals surface area contributed by atoms with Gasteiger partial charge in [0.15, 0.2) is 10.8 Å². The molecule has 0 unspecified atom stereocenters. The van der Waals surface area contributed by atoms with Crippen molar-refractivity contribution in [2.45, 2.75) is 19.0 Å². The third-order valence-corrected chi connectivity index (χ3v) is 4.21. The maximum absolute atomic E-state index is 12.5. The molecule has 23 heavy (non-hydrogen) atoms. The minimum absolute atomic E-state index is 0.0847. The molecule has 1 aliphatic heterocycles. The third kappa shape index (κ3) is 3.44. The molecule has 1 amide bonds. The van der Waals surface area contributed by atoms with E-state index in [4.69, 9.17) is 0 Å². The van der Waals surface area contributed by atoms with Crippen LogP contribution in [0.4, 0.5) is 24.1 Å². The van der Waals surface area contributed by atoms with Crippen molar-refractivity contribution in [2.24, 2.45) is 0 Å². The fourth-order valence-electron chi connectivity index (χ4n) is 2.38. The van der Waals surface area contributed by atoms with Gasteiger partial charge in [-0.25, -0.2) is 9.97 Å². The molecule has 0 spiro atoms. The maximum atomic E-state index is 12.5. The predicted octanol–water partition coefficient (Wildman–Crippen LogP) is 3.41. The van der Waals surface area contributed by atoms with Gasteiger partial charge < -0.3 is 4.90 Å². The van der Waals surface area contributed by atoms with Gasteiger partial charge in [0.1, 0.15) is 5.82 Å². The number of thiazole rings is 1. The molecule has 2 aromatic heterocycles. The quantitative estimate of drug-likeness (QED) is 0.929. The third-order valence-electron chi connectivity index (χ3n) is 3.45. The lowest BCUT2D eigenvalue weighted by atomic mass is 10.2. The second kappa shape index (κ2) is 6.15. The van der Waals surface area contributed by atoms with Crippen LogP contribution in [0.1, 0.15) is 28.9 Å². The number of alkyl halides is 3. The summed E-state index contributed by atoms with van der Waals surface area (Å²) in [5.74, 6) is 0.0400. The highest BCUT2D eigenvalue weighted by atomic mass is 32.1. The number of rotatable bonds is 3. The van der Waals surface area contributed by atoms with Gasteiger partial charge in [0.05, 0.1) is 5.56 Å². The molecule has 5 nitrogen and oxygen atoms in total. The smallest absolute Gasteiger partial charge is 0.356 e. The monoisotopic (exact) mass is 342 g/mol. The summed E-state index contributed by atoms with van der Waals surface area (Å²) < 4.78 is 37.6. The van der Waals surface area contributed by atoms with E-state index in [1.165, 1.54) is 0 Å². The van der Waals surface area contributed by atoms with Crippen molar-refractivity contribution < 1.29 is 18.0 Å². The molecule has 0 bridgehead atoms. The Labute approximate surface area is 134 Å². The molecule has 0 atom stereocenters. The van der Waals surface area contributed by atoms with E-state index in [0.717, 1.165) is 42.6 Å². The fourth-order valence-corrected chi connectivity index (χ4v) is 3.09. The summed E-state index contributed by atoms with van der Waals surface area (Å²) in [6.45, 7) is 1.62. The zero-order valence-corrected chi connectivity index (χ0v) is 12.7. The van der Waals surface area contributed by atoms with Crippen molar-refractivity contribution in [1.29, 1.82) is 0 Å². The lowest BCUT2D eigenvalue weighted by molar-refractivity contribution is -0.140. The first-order valence-electron chi connectivity index (χ1n) is 6.99. The highest BCUT2D eigenvalue weighted by Gasteiger charge is 2.34. The molecule has 9 heteroatoms. The van der Waals surface area contributed by atoms with Crippen LogP contribution in [-0.4, -0.2) is 29.0 Å². The van der Waals surface area contributed by atoms with Crippen molar-refractivity contribution in [2.75, 3.05) is 23.3 Å². The average molecular weight is 342 g/mol. The van der Waals surface area contributed by atoms with Crippen molar-refractivity contribution >= 4 is 28.2 Å². The molecule has 0 aromatic carbocycles. The number of nitrogens with one attached hydrogen (secondary N) is 1. The van der Waals surface area contributed by atoms with Gasteiger partial charge in [-0.1, -0.05) is 0 Å². The number of carbonyl (C=O) groups is 1. The molecule has 1 fully saturated rings. The predicted molar refractivity (Wildman–Crippen MR) is 80.8 cm³/mol. The van der Waals surface area contributed by atoms with Crippen LogP contribution in [0.15, 0.2) is 23.7 Å². The molecule has 0 radical (unpaired) electrons. The number of hydrogen-bond acceptors (Lipinski definition) is 5. The van der Waals surface area contributed by atoms with Gasteiger partial charge in [-0.05, 0) is 25.0 Å². The summed E-state index contributed by atoms with van der Waals surface area (Å²) in [7, 11) is 0. The van der Waals surface area contributed by atoms with Gasteiger partial charge in [-0.3, -0.25) is 10.1 Å². The zero-order chi connectivity index (χ0) is 16.4. The SMILES string of the molecule is O=C(Nc1nc(C(F)(F)F)cs1)c1cccnc1N1CCCC1. The molecular formula is C14H13F3N4OS. The van der Waals surface area contributed by atoms with Crippen LogP contribution in [0.5, 0.6) is 0 Å². The number of pyridine rings is 1. The van der Waals surface area contributed by atoms with Crippen LogP contribution < -0.4 is 10.2 Å². The van der Waals surface area contributed by atoms with Crippen LogP contribution >= 0.6 is 11.3 Å². The Balaban J connectivity index is 1.80. The van der Waals surface area contributed by atoms with Crippen molar-refractivity contribution in [3.8, 4) is 0 Å². The lowest BCUT2D eigenvalue weighted by Gasteiger charge is -2.19. The van der Waals surface area contributed by atoms with E-state index < -0.39 is 17.8 Å². The Morgan fingerprint density at radius 3 is 2.70 bits per heavy atom. The molecule has 1 aliphatic rings. The van der Waals surface area contributed by atoms with Gasteiger partial charge in [-0.15, -0.1) is 11.3 Å². The molecule has 3 heterocycles. The molecular weight excluding hydrogens is 329 g/mol. The molecule has 2 aromatic rings. The number of hydrogen-bond donors (Lipinski definition) is 1. The van der Waals surface area contributed by atoms with Crippen molar-refractivity contribution in [3.05, 3.63) is 35.0 Å². The van der Waals surface area contributed by atoms with Crippen molar-refractivity contribution in [3.63, 3.8) is 0 Å². The number of amides is 1. The Morgan fingerprint density at radius 1 is 1.30 bits per heavy atom. The number of aromatic nitrogens is 2. The number of carbonyl (C=O) groups excluding carboxylic acids is 1. The van der Waals surface area contributed by atoms with Crippen molar-refractivity contribution in [1.82, 2.24) is 9.97 Å². The number of anilines is 2. The first-order valence-corrected chi connectivity index (χ1v) is 7.87. The van der Waals surface area contributed by atoms with Crippen LogP contribution in [0.3, 0.4) is 0 Å². The minimum Gasteiger partial charge on any atom is -0.356 e. The Morgan fingerprint density at radius 2 is 2.04 bits per heavy atom. The summed E-state index contributed by atoms with van der Waals surface area (Å²) >= 11 is 0.740. The van der Waals surface area contributed by atoms with E-state index >= 15 is 0 Å². The first-order chi connectivity index (χ1) is 10.9. The second-order valence-corrected chi connectivity index (χ2v) is 5.92. The van der Waals surface area contributed by atoms with Crippen LogP contribution in [0.2, 0.25) is 0 Å². The fraction of sp³-hybridized carbons (Fsp3) is 0.357. The summed E-state index contributed by atoms with van der Waals surface area (Å²) in [5.41, 5.74) is -0.679. The first kappa shape index (κ1) is 15.7. The van der Waals surface area contributed by atoms with E-state index in [-0.39, 0.29) is 5.13 Å². The van der Waals surface area contributed by atoms with Gasteiger partial charge in [0.25, 0.3) is 5.91 Å².